The minimum atomic E-state index is -3.62. The maximum atomic E-state index is 14.8. The van der Waals surface area contributed by atoms with Crippen molar-refractivity contribution in [2.45, 2.75) is 59.5 Å². The zero-order chi connectivity index (χ0) is 30.9. The van der Waals surface area contributed by atoms with Crippen LogP contribution in [0.4, 0.5) is 10.1 Å². The second kappa shape index (κ2) is 15.0. The van der Waals surface area contributed by atoms with E-state index < -0.39 is 21.9 Å². The molecule has 0 unspecified atom stereocenters. The number of amides is 2. The number of aryl methyl sites for hydroxylation is 2. The van der Waals surface area contributed by atoms with Gasteiger partial charge in [-0.2, -0.15) is 0 Å². The second-order valence-electron chi connectivity index (χ2n) is 11.2. The number of hydrogen-bond donors (Lipinski definition) is 1. The van der Waals surface area contributed by atoms with Gasteiger partial charge >= 0.3 is 0 Å². The molecule has 1 atom stereocenters. The Hall–Kier alpha value is -3.72. The molecule has 2 amide bonds. The quantitative estimate of drug-likeness (QED) is 0.270. The Bertz CT molecular complexity index is 1440. The van der Waals surface area contributed by atoms with Crippen LogP contribution in [0.25, 0.3) is 0 Å². The van der Waals surface area contributed by atoms with Gasteiger partial charge < -0.3 is 10.2 Å². The summed E-state index contributed by atoms with van der Waals surface area (Å²) in [6.07, 6.45) is 1.60. The van der Waals surface area contributed by atoms with E-state index in [4.69, 9.17) is 0 Å². The molecule has 0 fully saturated rings. The molecule has 3 aromatic carbocycles. The van der Waals surface area contributed by atoms with Crippen molar-refractivity contribution in [3.63, 3.8) is 0 Å². The van der Waals surface area contributed by atoms with Crippen molar-refractivity contribution in [2.24, 2.45) is 5.92 Å². The Morgan fingerprint density at radius 2 is 1.55 bits per heavy atom. The molecule has 7 nitrogen and oxygen atoms in total. The van der Waals surface area contributed by atoms with Gasteiger partial charge in [-0.05, 0) is 61.1 Å². The molecule has 0 heterocycles. The van der Waals surface area contributed by atoms with Crippen LogP contribution in [0.3, 0.4) is 0 Å². The number of nitrogens with zero attached hydrogens (tertiary/aromatic N) is 2. The average molecular weight is 596 g/mol. The number of sulfonamides is 1. The average Bonchev–Trinajstić information content (AvgIpc) is 2.91. The summed E-state index contributed by atoms with van der Waals surface area (Å²) in [6, 6.07) is 20.3. The van der Waals surface area contributed by atoms with E-state index in [1.165, 1.54) is 15.3 Å². The molecule has 3 aromatic rings. The Labute approximate surface area is 249 Å². The van der Waals surface area contributed by atoms with Crippen molar-refractivity contribution in [3.05, 3.63) is 101 Å². The second-order valence-corrected chi connectivity index (χ2v) is 13.1. The van der Waals surface area contributed by atoms with E-state index in [1.807, 2.05) is 64.1 Å². The molecular formula is C33H42FN3O4S. The van der Waals surface area contributed by atoms with Gasteiger partial charge in [0, 0.05) is 38.0 Å². The third-order valence-electron chi connectivity index (χ3n) is 6.90. The first-order chi connectivity index (χ1) is 19.8. The SMILES string of the molecule is Cc1cc(C)cc(N(CCCC(=O)N(Cc2ccccc2F)[C@H](Cc2ccccc2)C(=O)NCC(C)C)S(C)(=O)=O)c1. The Morgan fingerprint density at radius 3 is 2.14 bits per heavy atom. The van der Waals surface area contributed by atoms with E-state index in [-0.39, 0.29) is 50.1 Å². The van der Waals surface area contributed by atoms with Gasteiger partial charge in [0.15, 0.2) is 0 Å². The summed E-state index contributed by atoms with van der Waals surface area (Å²) in [5.74, 6) is -0.929. The summed E-state index contributed by atoms with van der Waals surface area (Å²) in [5, 5.41) is 2.95. The maximum Gasteiger partial charge on any atom is 0.243 e. The van der Waals surface area contributed by atoms with Crippen LogP contribution in [0.1, 0.15) is 48.9 Å². The summed E-state index contributed by atoms with van der Waals surface area (Å²) in [6.45, 7) is 8.20. The fourth-order valence-corrected chi connectivity index (χ4v) is 5.83. The van der Waals surface area contributed by atoms with E-state index >= 15 is 0 Å². The smallest absolute Gasteiger partial charge is 0.243 e. The number of carbonyl (C=O) groups excluding carboxylic acids is 2. The van der Waals surface area contributed by atoms with E-state index in [0.29, 0.717) is 17.8 Å². The number of halogens is 1. The van der Waals surface area contributed by atoms with Crippen LogP contribution in [-0.2, 0) is 32.6 Å². The fourth-order valence-electron chi connectivity index (χ4n) is 4.89. The molecule has 0 radical (unpaired) electrons. The summed E-state index contributed by atoms with van der Waals surface area (Å²) >= 11 is 0. The molecule has 0 saturated heterocycles. The van der Waals surface area contributed by atoms with Gasteiger partial charge in [0.1, 0.15) is 11.9 Å². The highest BCUT2D eigenvalue weighted by molar-refractivity contribution is 7.92. The number of carbonyl (C=O) groups is 2. The van der Waals surface area contributed by atoms with Gasteiger partial charge in [-0.1, -0.05) is 68.4 Å². The molecule has 9 heteroatoms. The zero-order valence-electron chi connectivity index (χ0n) is 25.1. The standard InChI is InChI=1S/C33H42FN3O4S/c1-24(2)22-35-33(39)31(21-27-12-7-6-8-13-27)36(23-28-14-9-10-15-30(28)34)32(38)16-11-17-37(42(5,40)41)29-19-25(3)18-26(4)20-29/h6-10,12-15,18-20,24,31H,11,16-17,21-23H2,1-5H3,(H,35,39)/t31-/m1/s1. The van der Waals surface area contributed by atoms with E-state index in [1.54, 1.807) is 30.3 Å². The van der Waals surface area contributed by atoms with Crippen molar-refractivity contribution in [1.29, 1.82) is 0 Å². The van der Waals surface area contributed by atoms with Crippen LogP contribution in [0.5, 0.6) is 0 Å². The van der Waals surface area contributed by atoms with E-state index in [2.05, 4.69) is 5.32 Å². The predicted octanol–water partition coefficient (Wildman–Crippen LogP) is 5.40. The fraction of sp³-hybridized carbons (Fsp3) is 0.394. The number of anilines is 1. The largest absolute Gasteiger partial charge is 0.354 e. The molecule has 0 bridgehead atoms. The van der Waals surface area contributed by atoms with Gasteiger partial charge in [0.05, 0.1) is 11.9 Å². The Morgan fingerprint density at radius 1 is 0.929 bits per heavy atom. The summed E-state index contributed by atoms with van der Waals surface area (Å²) in [7, 11) is -3.62. The zero-order valence-corrected chi connectivity index (χ0v) is 26.0. The van der Waals surface area contributed by atoms with Gasteiger partial charge in [0.25, 0.3) is 0 Å². The molecule has 0 aromatic heterocycles. The number of rotatable bonds is 14. The highest BCUT2D eigenvalue weighted by Gasteiger charge is 2.31. The summed E-state index contributed by atoms with van der Waals surface area (Å²) < 4.78 is 41.5. The molecule has 0 aliphatic heterocycles. The molecule has 0 saturated carbocycles. The lowest BCUT2D eigenvalue weighted by Gasteiger charge is -2.32. The van der Waals surface area contributed by atoms with Crippen LogP contribution in [-0.4, -0.2) is 50.5 Å². The minimum Gasteiger partial charge on any atom is -0.354 e. The van der Waals surface area contributed by atoms with Gasteiger partial charge in [-0.15, -0.1) is 0 Å². The van der Waals surface area contributed by atoms with Crippen molar-refractivity contribution in [3.8, 4) is 0 Å². The number of nitrogens with one attached hydrogen (secondary N) is 1. The highest BCUT2D eigenvalue weighted by atomic mass is 32.2. The normalized spacial score (nSPS) is 12.2. The van der Waals surface area contributed by atoms with Crippen LogP contribution >= 0.6 is 0 Å². The molecule has 0 aliphatic carbocycles. The van der Waals surface area contributed by atoms with Crippen molar-refractivity contribution >= 4 is 27.5 Å². The van der Waals surface area contributed by atoms with Gasteiger partial charge in [0.2, 0.25) is 21.8 Å². The van der Waals surface area contributed by atoms with Crippen LogP contribution < -0.4 is 9.62 Å². The highest BCUT2D eigenvalue weighted by Crippen LogP contribution is 2.23. The number of benzene rings is 3. The molecular weight excluding hydrogens is 553 g/mol. The molecule has 226 valence electrons. The van der Waals surface area contributed by atoms with E-state index in [0.717, 1.165) is 22.9 Å². The molecule has 0 spiro atoms. The Kier molecular flexibility index (Phi) is 11.7. The number of hydrogen-bond acceptors (Lipinski definition) is 4. The lowest BCUT2D eigenvalue weighted by atomic mass is 10.0. The third-order valence-corrected chi connectivity index (χ3v) is 8.09. The Balaban J connectivity index is 1.90. The lowest BCUT2D eigenvalue weighted by Crippen LogP contribution is -2.51. The van der Waals surface area contributed by atoms with Crippen molar-refractivity contribution in [2.75, 3.05) is 23.7 Å². The van der Waals surface area contributed by atoms with Crippen LogP contribution in [0.15, 0.2) is 72.8 Å². The first kappa shape index (κ1) is 32.8. The minimum absolute atomic E-state index is 0.0198. The topological polar surface area (TPSA) is 86.8 Å². The van der Waals surface area contributed by atoms with Crippen LogP contribution in [0.2, 0.25) is 0 Å². The first-order valence-electron chi connectivity index (χ1n) is 14.3. The molecule has 42 heavy (non-hydrogen) atoms. The first-order valence-corrected chi connectivity index (χ1v) is 16.1. The third kappa shape index (κ3) is 9.69. The monoisotopic (exact) mass is 595 g/mol. The maximum absolute atomic E-state index is 14.8. The summed E-state index contributed by atoms with van der Waals surface area (Å²) in [5.41, 5.74) is 3.57. The molecule has 3 rings (SSSR count). The van der Waals surface area contributed by atoms with E-state index in [9.17, 15) is 22.4 Å². The summed E-state index contributed by atoms with van der Waals surface area (Å²) in [4.78, 5) is 28.8. The van der Waals surface area contributed by atoms with Crippen molar-refractivity contribution in [1.82, 2.24) is 10.2 Å². The van der Waals surface area contributed by atoms with Crippen molar-refractivity contribution < 1.29 is 22.4 Å². The van der Waals surface area contributed by atoms with Gasteiger partial charge in [-0.3, -0.25) is 13.9 Å². The molecule has 0 aliphatic rings. The predicted molar refractivity (Wildman–Crippen MR) is 166 cm³/mol. The molecule has 1 N–H and O–H groups in total. The lowest BCUT2D eigenvalue weighted by molar-refractivity contribution is -0.141. The van der Waals surface area contributed by atoms with Crippen LogP contribution in [0, 0.1) is 25.6 Å². The van der Waals surface area contributed by atoms with Gasteiger partial charge in [-0.25, -0.2) is 12.8 Å².